The molecule has 0 aliphatic carbocycles. The van der Waals surface area contributed by atoms with Gasteiger partial charge in [0, 0.05) is 53.7 Å². The van der Waals surface area contributed by atoms with Crippen LogP contribution in [0.25, 0.3) is 32.9 Å². The van der Waals surface area contributed by atoms with Crippen LogP contribution in [0.5, 0.6) is 0 Å². The van der Waals surface area contributed by atoms with Crippen LogP contribution in [0, 0.1) is 0 Å². The zero-order chi connectivity index (χ0) is 20.0. The summed E-state index contributed by atoms with van der Waals surface area (Å²) in [6, 6.07) is 11.8. The minimum atomic E-state index is -1.20. The molecule has 0 spiro atoms. The topological polar surface area (TPSA) is 79.6 Å². The minimum absolute atomic E-state index is 0.597. The average molecular weight is 401 g/mol. The molecule has 0 fully saturated rings. The maximum atomic E-state index is 11.2. The molecule has 0 saturated carbocycles. The number of nitrogens with zero attached hydrogens (tertiary/aromatic N) is 4. The average Bonchev–Trinajstić information content (AvgIpc) is 3.47. The van der Waals surface area contributed by atoms with Crippen LogP contribution >= 0.6 is 11.3 Å². The van der Waals surface area contributed by atoms with Crippen LogP contribution in [0.3, 0.4) is 0 Å². The molecule has 0 bridgehead atoms. The van der Waals surface area contributed by atoms with E-state index in [1.165, 1.54) is 0 Å². The van der Waals surface area contributed by atoms with E-state index < -0.39 is 5.60 Å². The molecule has 0 radical (unpaired) electrons. The lowest BCUT2D eigenvalue weighted by Crippen LogP contribution is -2.26. The molecule has 4 aromatic heterocycles. The smallest absolute Gasteiger partial charge is 0.144 e. The largest absolute Gasteiger partial charge is 0.377 e. The van der Waals surface area contributed by atoms with E-state index in [1.807, 2.05) is 65.8 Å². The lowest BCUT2D eigenvalue weighted by Gasteiger charge is -2.23. The highest BCUT2D eigenvalue weighted by Crippen LogP contribution is 2.35. The Hall–Kier alpha value is -3.29. The highest BCUT2D eigenvalue weighted by molar-refractivity contribution is 7.13. The summed E-state index contributed by atoms with van der Waals surface area (Å²) >= 11 is 1.59. The molecule has 0 amide bonds. The van der Waals surface area contributed by atoms with Gasteiger partial charge < -0.3 is 14.7 Å². The second-order valence-electron chi connectivity index (χ2n) is 7.15. The SMILES string of the molecule is Cn1ccnc1[C@](C)(O)c1cccc(-c2csc(-c3c[nH]c4ncccc34)n2)c1. The zero-order valence-electron chi connectivity index (χ0n) is 16.0. The number of hydrogen-bond donors (Lipinski definition) is 2. The van der Waals surface area contributed by atoms with Crippen molar-refractivity contribution in [3.8, 4) is 21.8 Å². The highest BCUT2D eigenvalue weighted by Gasteiger charge is 2.30. The maximum absolute atomic E-state index is 11.2. The fraction of sp³-hybridized carbons (Fsp3) is 0.136. The third-order valence-corrected chi connectivity index (χ3v) is 6.04. The molecule has 29 heavy (non-hydrogen) atoms. The van der Waals surface area contributed by atoms with Gasteiger partial charge in [0.15, 0.2) is 0 Å². The minimum Gasteiger partial charge on any atom is -0.377 e. The number of aromatic amines is 1. The van der Waals surface area contributed by atoms with E-state index in [-0.39, 0.29) is 0 Å². The van der Waals surface area contributed by atoms with Crippen LogP contribution in [0.1, 0.15) is 18.3 Å². The van der Waals surface area contributed by atoms with E-state index in [0.29, 0.717) is 5.82 Å². The van der Waals surface area contributed by atoms with E-state index in [9.17, 15) is 5.11 Å². The van der Waals surface area contributed by atoms with Crippen molar-refractivity contribution in [1.29, 1.82) is 0 Å². The van der Waals surface area contributed by atoms with Gasteiger partial charge in [0.2, 0.25) is 0 Å². The Bertz CT molecular complexity index is 1310. The summed E-state index contributed by atoms with van der Waals surface area (Å²) in [6.07, 6.45) is 7.24. The van der Waals surface area contributed by atoms with E-state index in [1.54, 1.807) is 30.7 Å². The van der Waals surface area contributed by atoms with Crippen LogP contribution in [-0.2, 0) is 12.6 Å². The fourth-order valence-corrected chi connectivity index (χ4v) is 4.47. The molecule has 6 nitrogen and oxygen atoms in total. The van der Waals surface area contributed by atoms with Crippen molar-refractivity contribution in [3.63, 3.8) is 0 Å². The third-order valence-electron chi connectivity index (χ3n) is 5.16. The van der Waals surface area contributed by atoms with E-state index in [4.69, 9.17) is 4.98 Å². The summed E-state index contributed by atoms with van der Waals surface area (Å²) in [5.74, 6) is 0.597. The summed E-state index contributed by atoms with van der Waals surface area (Å²) in [7, 11) is 1.88. The van der Waals surface area contributed by atoms with E-state index in [2.05, 4.69) is 15.0 Å². The zero-order valence-corrected chi connectivity index (χ0v) is 16.8. The van der Waals surface area contributed by atoms with Gasteiger partial charge in [0.05, 0.1) is 5.69 Å². The van der Waals surface area contributed by atoms with Gasteiger partial charge in [-0.3, -0.25) is 0 Å². The first kappa shape index (κ1) is 17.8. The Morgan fingerprint density at radius 1 is 1.14 bits per heavy atom. The van der Waals surface area contributed by atoms with E-state index in [0.717, 1.165) is 38.4 Å². The Balaban J connectivity index is 1.53. The number of fused-ring (bicyclic) bond motifs is 1. The quantitative estimate of drug-likeness (QED) is 0.469. The molecule has 0 unspecified atom stereocenters. The summed E-state index contributed by atoms with van der Waals surface area (Å²) in [5, 5.41) is 15.2. The van der Waals surface area contributed by atoms with Crippen molar-refractivity contribution >= 4 is 22.4 Å². The first-order chi connectivity index (χ1) is 14.0. The molecule has 0 aliphatic rings. The number of aromatic nitrogens is 5. The van der Waals surface area contributed by atoms with Crippen LogP contribution in [0.4, 0.5) is 0 Å². The summed E-state index contributed by atoms with van der Waals surface area (Å²) < 4.78 is 1.83. The molecule has 1 aromatic carbocycles. The number of nitrogens with one attached hydrogen (secondary N) is 1. The molecule has 4 heterocycles. The van der Waals surface area contributed by atoms with Crippen molar-refractivity contribution in [2.75, 3.05) is 0 Å². The number of H-pyrrole nitrogens is 1. The van der Waals surface area contributed by atoms with Gasteiger partial charge in [0.1, 0.15) is 22.1 Å². The van der Waals surface area contributed by atoms with Gasteiger partial charge in [-0.05, 0) is 30.7 Å². The molecule has 144 valence electrons. The van der Waals surface area contributed by atoms with Gasteiger partial charge in [-0.15, -0.1) is 11.3 Å². The lowest BCUT2D eigenvalue weighted by atomic mass is 9.93. The fourth-order valence-electron chi connectivity index (χ4n) is 3.61. The van der Waals surface area contributed by atoms with Crippen LogP contribution in [0.2, 0.25) is 0 Å². The number of benzene rings is 1. The molecule has 0 aliphatic heterocycles. The molecule has 0 saturated heterocycles. The van der Waals surface area contributed by atoms with Crippen molar-refractivity contribution in [2.24, 2.45) is 7.05 Å². The van der Waals surface area contributed by atoms with Gasteiger partial charge in [-0.1, -0.05) is 18.2 Å². The number of rotatable bonds is 4. The van der Waals surface area contributed by atoms with Crippen molar-refractivity contribution in [1.82, 2.24) is 24.5 Å². The van der Waals surface area contributed by atoms with Crippen molar-refractivity contribution in [3.05, 3.63) is 78.0 Å². The van der Waals surface area contributed by atoms with Crippen LogP contribution in [-0.4, -0.2) is 29.6 Å². The van der Waals surface area contributed by atoms with Gasteiger partial charge in [-0.25, -0.2) is 15.0 Å². The molecule has 1 atom stereocenters. The normalized spacial score (nSPS) is 13.6. The molecular weight excluding hydrogens is 382 g/mol. The van der Waals surface area contributed by atoms with Gasteiger partial charge in [0.25, 0.3) is 0 Å². The Morgan fingerprint density at radius 2 is 2.03 bits per heavy atom. The molecule has 5 aromatic rings. The first-order valence-corrected chi connectivity index (χ1v) is 10.1. The monoisotopic (exact) mass is 401 g/mol. The number of thiazole rings is 1. The van der Waals surface area contributed by atoms with Crippen molar-refractivity contribution in [2.45, 2.75) is 12.5 Å². The third kappa shape index (κ3) is 2.95. The molecule has 5 rings (SSSR count). The highest BCUT2D eigenvalue weighted by atomic mass is 32.1. The second kappa shape index (κ2) is 6.65. The molecule has 2 N–H and O–H groups in total. The van der Waals surface area contributed by atoms with Gasteiger partial charge >= 0.3 is 0 Å². The number of hydrogen-bond acceptors (Lipinski definition) is 5. The first-order valence-electron chi connectivity index (χ1n) is 9.23. The van der Waals surface area contributed by atoms with Gasteiger partial charge in [-0.2, -0.15) is 0 Å². The summed E-state index contributed by atoms with van der Waals surface area (Å²) in [5.41, 5.74) is 3.30. The van der Waals surface area contributed by atoms with Crippen LogP contribution in [0.15, 0.2) is 66.6 Å². The second-order valence-corrected chi connectivity index (χ2v) is 8.01. The van der Waals surface area contributed by atoms with E-state index >= 15 is 0 Å². The number of aliphatic hydroxyl groups is 1. The maximum Gasteiger partial charge on any atom is 0.144 e. The summed E-state index contributed by atoms with van der Waals surface area (Å²) in [6.45, 7) is 1.76. The number of imidazole rings is 1. The number of aryl methyl sites for hydroxylation is 1. The summed E-state index contributed by atoms with van der Waals surface area (Å²) in [4.78, 5) is 16.7. The van der Waals surface area contributed by atoms with Crippen LogP contribution < -0.4 is 0 Å². The predicted molar refractivity (Wildman–Crippen MR) is 115 cm³/mol. The van der Waals surface area contributed by atoms with Crippen molar-refractivity contribution < 1.29 is 5.11 Å². The lowest BCUT2D eigenvalue weighted by molar-refractivity contribution is 0.0892. The molecule has 7 heteroatoms. The molecular formula is C22H19N5OS. The Labute approximate surface area is 171 Å². The Kier molecular flexibility index (Phi) is 4.08. The number of pyridine rings is 1. The standard InChI is InChI=1S/C22H19N5OS/c1-22(28,21-24-9-10-27(21)2)15-6-3-5-14(11-15)18-13-29-20(26-18)17-12-25-19-16(17)7-4-8-23-19/h3-13,28H,1-2H3,(H,23,25)/t22-/m1/s1. The predicted octanol–water partition coefficient (Wildman–Crippen LogP) is 4.34. The Morgan fingerprint density at radius 3 is 2.86 bits per heavy atom.